The molecule has 6 nitrogen and oxygen atoms in total. The van der Waals surface area contributed by atoms with Gasteiger partial charge in [-0.1, -0.05) is 13.0 Å². The summed E-state index contributed by atoms with van der Waals surface area (Å²) in [5, 5.41) is 3.22. The molecular weight excluding hydrogens is 252 g/mol. The van der Waals surface area contributed by atoms with Crippen LogP contribution in [-0.4, -0.2) is 43.9 Å². The fourth-order valence-corrected chi connectivity index (χ4v) is 3.49. The lowest BCUT2D eigenvalue weighted by Gasteiger charge is -2.35. The fourth-order valence-electron chi connectivity index (χ4n) is 2.10. The Hall–Kier alpha value is -1.02. The molecule has 2 rings (SSSR count). The third-order valence-corrected chi connectivity index (χ3v) is 4.61. The zero-order valence-corrected chi connectivity index (χ0v) is 11.2. The predicted octanol–water partition coefficient (Wildman–Crippen LogP) is -0.118. The van der Waals surface area contributed by atoms with E-state index >= 15 is 0 Å². The van der Waals surface area contributed by atoms with Gasteiger partial charge in [0.25, 0.3) is 10.2 Å². The van der Waals surface area contributed by atoms with Crippen LogP contribution in [0.5, 0.6) is 0 Å². The summed E-state index contributed by atoms with van der Waals surface area (Å²) in [6.45, 7) is 3.91. The van der Waals surface area contributed by atoms with E-state index in [1.807, 2.05) is 12.1 Å². The van der Waals surface area contributed by atoms with E-state index in [0.29, 0.717) is 26.2 Å². The Morgan fingerprint density at radius 3 is 3.11 bits per heavy atom. The zero-order valence-electron chi connectivity index (χ0n) is 10.3. The molecule has 1 atom stereocenters. The molecule has 18 heavy (non-hydrogen) atoms. The molecule has 1 saturated heterocycles. The second kappa shape index (κ2) is 5.75. The molecule has 0 saturated carbocycles. The van der Waals surface area contributed by atoms with Gasteiger partial charge in [-0.25, -0.2) is 4.72 Å². The Morgan fingerprint density at radius 2 is 2.44 bits per heavy atom. The van der Waals surface area contributed by atoms with Crippen LogP contribution in [-0.2, 0) is 10.2 Å². The maximum absolute atomic E-state index is 12.1. The third-order valence-electron chi connectivity index (χ3n) is 2.90. The van der Waals surface area contributed by atoms with E-state index in [4.69, 9.17) is 0 Å². The number of nitrogens with zero attached hydrogens (tertiary/aromatic N) is 2. The normalized spacial score (nSPS) is 21.9. The Morgan fingerprint density at radius 1 is 1.61 bits per heavy atom. The number of hydrogen-bond donors (Lipinski definition) is 2. The molecule has 1 aromatic heterocycles. The topological polar surface area (TPSA) is 74.3 Å². The molecule has 2 N–H and O–H groups in total. The molecule has 0 radical (unpaired) electrons. The van der Waals surface area contributed by atoms with Gasteiger partial charge in [-0.2, -0.15) is 12.7 Å². The lowest BCUT2D eigenvalue weighted by atomic mass is 10.1. The molecule has 100 valence electrons. The smallest absolute Gasteiger partial charge is 0.280 e. The Kier molecular flexibility index (Phi) is 4.28. The van der Waals surface area contributed by atoms with Crippen molar-refractivity contribution in [3.63, 3.8) is 0 Å². The number of piperazine rings is 1. The minimum absolute atomic E-state index is 0.198. The highest BCUT2D eigenvalue weighted by atomic mass is 32.2. The standard InChI is InChI=1S/C11H18N4O2S/c1-2-14-18(16,17)15-7-6-13-9-11(15)10-4-3-5-12-8-10/h3-5,8,11,13-14H,2,6-7,9H2,1H3. The SMILES string of the molecule is CCNS(=O)(=O)N1CCNCC1c1cccnc1. The Balaban J connectivity index is 2.27. The maximum atomic E-state index is 12.1. The van der Waals surface area contributed by atoms with Crippen LogP contribution >= 0.6 is 0 Å². The molecule has 2 heterocycles. The van der Waals surface area contributed by atoms with Gasteiger partial charge in [0.1, 0.15) is 0 Å². The van der Waals surface area contributed by atoms with Crippen LogP contribution in [0, 0.1) is 0 Å². The molecule has 1 fully saturated rings. The van der Waals surface area contributed by atoms with E-state index in [1.54, 1.807) is 19.3 Å². The molecule has 0 amide bonds. The lowest BCUT2D eigenvalue weighted by Crippen LogP contribution is -2.52. The largest absolute Gasteiger partial charge is 0.313 e. The minimum Gasteiger partial charge on any atom is -0.313 e. The molecule has 1 unspecified atom stereocenters. The number of hydrogen-bond acceptors (Lipinski definition) is 4. The van der Waals surface area contributed by atoms with Gasteiger partial charge in [0.05, 0.1) is 6.04 Å². The molecule has 1 aliphatic heterocycles. The predicted molar refractivity (Wildman–Crippen MR) is 69.2 cm³/mol. The molecule has 0 spiro atoms. The highest BCUT2D eigenvalue weighted by Gasteiger charge is 2.32. The van der Waals surface area contributed by atoms with Crippen LogP contribution in [0.25, 0.3) is 0 Å². The van der Waals surface area contributed by atoms with E-state index in [-0.39, 0.29) is 6.04 Å². The number of pyridine rings is 1. The monoisotopic (exact) mass is 270 g/mol. The Bertz CT molecular complexity index is 477. The van der Waals surface area contributed by atoms with Crippen molar-refractivity contribution in [3.05, 3.63) is 30.1 Å². The Labute approximate surface area is 108 Å². The molecule has 0 aromatic carbocycles. The van der Waals surface area contributed by atoms with Crippen molar-refractivity contribution in [3.8, 4) is 0 Å². The van der Waals surface area contributed by atoms with E-state index in [1.165, 1.54) is 4.31 Å². The highest BCUT2D eigenvalue weighted by Crippen LogP contribution is 2.23. The third kappa shape index (κ3) is 2.86. The second-order valence-corrected chi connectivity index (χ2v) is 5.83. The summed E-state index contributed by atoms with van der Waals surface area (Å²) >= 11 is 0. The summed E-state index contributed by atoms with van der Waals surface area (Å²) in [5.41, 5.74) is 0.908. The van der Waals surface area contributed by atoms with Gasteiger partial charge in [0, 0.05) is 38.6 Å². The van der Waals surface area contributed by atoms with Crippen LogP contribution in [0.3, 0.4) is 0 Å². The van der Waals surface area contributed by atoms with Crippen LogP contribution in [0.15, 0.2) is 24.5 Å². The number of rotatable bonds is 4. The van der Waals surface area contributed by atoms with Crippen molar-refractivity contribution in [1.29, 1.82) is 0 Å². The van der Waals surface area contributed by atoms with E-state index in [2.05, 4.69) is 15.0 Å². The number of nitrogens with one attached hydrogen (secondary N) is 2. The zero-order chi connectivity index (χ0) is 13.0. The van der Waals surface area contributed by atoms with Crippen LogP contribution in [0.4, 0.5) is 0 Å². The van der Waals surface area contributed by atoms with Crippen molar-refractivity contribution in [2.45, 2.75) is 13.0 Å². The summed E-state index contributed by atoms with van der Waals surface area (Å²) in [6.07, 6.45) is 3.40. The summed E-state index contributed by atoms with van der Waals surface area (Å²) < 4.78 is 28.3. The van der Waals surface area contributed by atoms with E-state index in [9.17, 15) is 8.42 Å². The first-order valence-electron chi connectivity index (χ1n) is 6.02. The number of aromatic nitrogens is 1. The van der Waals surface area contributed by atoms with Crippen molar-refractivity contribution >= 4 is 10.2 Å². The van der Waals surface area contributed by atoms with Gasteiger partial charge in [0.2, 0.25) is 0 Å². The minimum atomic E-state index is -3.42. The van der Waals surface area contributed by atoms with Crippen LogP contribution in [0.1, 0.15) is 18.5 Å². The summed E-state index contributed by atoms with van der Waals surface area (Å²) in [7, 11) is -3.42. The van der Waals surface area contributed by atoms with E-state index in [0.717, 1.165) is 5.56 Å². The lowest BCUT2D eigenvalue weighted by molar-refractivity contribution is 0.268. The van der Waals surface area contributed by atoms with Crippen LogP contribution in [0.2, 0.25) is 0 Å². The van der Waals surface area contributed by atoms with Gasteiger partial charge >= 0.3 is 0 Å². The average molecular weight is 270 g/mol. The molecular formula is C11H18N4O2S. The highest BCUT2D eigenvalue weighted by molar-refractivity contribution is 7.87. The molecule has 1 aromatic rings. The van der Waals surface area contributed by atoms with Crippen molar-refractivity contribution in [1.82, 2.24) is 19.3 Å². The van der Waals surface area contributed by atoms with Gasteiger partial charge < -0.3 is 5.32 Å². The van der Waals surface area contributed by atoms with Gasteiger partial charge in [0.15, 0.2) is 0 Å². The average Bonchev–Trinajstić information content (AvgIpc) is 2.40. The first kappa shape index (κ1) is 13.4. The first-order chi connectivity index (χ1) is 8.65. The molecule has 0 aliphatic carbocycles. The molecule has 7 heteroatoms. The quantitative estimate of drug-likeness (QED) is 0.800. The van der Waals surface area contributed by atoms with Crippen molar-refractivity contribution in [2.75, 3.05) is 26.2 Å². The van der Waals surface area contributed by atoms with Crippen molar-refractivity contribution < 1.29 is 8.42 Å². The fraction of sp³-hybridized carbons (Fsp3) is 0.545. The van der Waals surface area contributed by atoms with Crippen LogP contribution < -0.4 is 10.0 Å². The summed E-state index contributed by atoms with van der Waals surface area (Å²) in [4.78, 5) is 4.05. The first-order valence-corrected chi connectivity index (χ1v) is 7.46. The molecule has 1 aliphatic rings. The summed E-state index contributed by atoms with van der Waals surface area (Å²) in [6, 6.07) is 3.53. The van der Waals surface area contributed by atoms with Gasteiger partial charge in [-0.15, -0.1) is 0 Å². The van der Waals surface area contributed by atoms with Gasteiger partial charge in [-0.05, 0) is 11.6 Å². The second-order valence-electron chi connectivity index (χ2n) is 4.12. The maximum Gasteiger partial charge on any atom is 0.280 e. The van der Waals surface area contributed by atoms with Gasteiger partial charge in [-0.3, -0.25) is 4.98 Å². The van der Waals surface area contributed by atoms with Crippen molar-refractivity contribution in [2.24, 2.45) is 0 Å². The van der Waals surface area contributed by atoms with E-state index < -0.39 is 10.2 Å². The summed E-state index contributed by atoms with van der Waals surface area (Å²) in [5.74, 6) is 0. The molecule has 0 bridgehead atoms.